The van der Waals surface area contributed by atoms with Gasteiger partial charge in [-0.05, 0) is 37.0 Å². The van der Waals surface area contributed by atoms with E-state index in [2.05, 4.69) is 20.0 Å². The fourth-order valence-corrected chi connectivity index (χ4v) is 4.24. The average molecular weight is 307 g/mol. The molecular formula is C15H21N3O2S. The largest absolute Gasteiger partial charge is 0.468 e. The first-order valence-corrected chi connectivity index (χ1v) is 8.48. The van der Waals surface area contributed by atoms with Crippen LogP contribution in [0, 0.1) is 17.8 Å². The van der Waals surface area contributed by atoms with Crippen molar-refractivity contribution in [2.75, 3.05) is 24.7 Å². The molecule has 21 heavy (non-hydrogen) atoms. The van der Waals surface area contributed by atoms with Gasteiger partial charge in [0, 0.05) is 6.54 Å². The van der Waals surface area contributed by atoms with Crippen LogP contribution < -0.4 is 5.32 Å². The second kappa shape index (κ2) is 6.64. The van der Waals surface area contributed by atoms with Crippen LogP contribution in [0.1, 0.15) is 25.7 Å². The number of fused-ring (bicyclic) bond motifs is 2. The quantitative estimate of drug-likeness (QED) is 0.644. The maximum atomic E-state index is 11.1. The van der Waals surface area contributed by atoms with Gasteiger partial charge in [-0.3, -0.25) is 9.78 Å². The molecule has 1 aromatic heterocycles. The second-order valence-corrected chi connectivity index (χ2v) is 6.92. The van der Waals surface area contributed by atoms with E-state index in [1.54, 1.807) is 12.4 Å². The molecule has 0 amide bonds. The highest BCUT2D eigenvalue weighted by molar-refractivity contribution is 7.99. The van der Waals surface area contributed by atoms with Gasteiger partial charge in [0.25, 0.3) is 0 Å². The summed E-state index contributed by atoms with van der Waals surface area (Å²) in [6.45, 7) is 0.987. The minimum absolute atomic E-state index is 0.248. The van der Waals surface area contributed by atoms with E-state index in [9.17, 15) is 4.79 Å². The highest BCUT2D eigenvalue weighted by atomic mass is 32.2. The molecule has 114 valence electrons. The number of methoxy groups -OCH3 is 1. The predicted octanol–water partition coefficient (Wildman–Crippen LogP) is 2.59. The lowest BCUT2D eigenvalue weighted by molar-refractivity contribution is -0.137. The van der Waals surface area contributed by atoms with Gasteiger partial charge in [-0.2, -0.15) is 0 Å². The standard InChI is InChI=1S/C15H21N3O2S/c1-20-15(19)9-21-14-8-16-7-13(18-14)17-6-12-5-10-2-3-11(12)4-10/h7-8,10-12H,2-6,9H2,1H3,(H,17,18). The Hall–Kier alpha value is -1.30. The van der Waals surface area contributed by atoms with E-state index < -0.39 is 0 Å². The molecule has 2 fully saturated rings. The Balaban J connectivity index is 1.50. The summed E-state index contributed by atoms with van der Waals surface area (Å²) in [5, 5.41) is 4.16. The Morgan fingerprint density at radius 2 is 2.33 bits per heavy atom. The van der Waals surface area contributed by atoms with Crippen LogP contribution >= 0.6 is 11.8 Å². The summed E-state index contributed by atoms with van der Waals surface area (Å²) in [7, 11) is 1.39. The van der Waals surface area contributed by atoms with Gasteiger partial charge in [0.15, 0.2) is 0 Å². The predicted molar refractivity (Wildman–Crippen MR) is 82.2 cm³/mol. The van der Waals surface area contributed by atoms with Gasteiger partial charge in [0.2, 0.25) is 0 Å². The number of carbonyl (C=O) groups excluding carboxylic acids is 1. The minimum Gasteiger partial charge on any atom is -0.468 e. The topological polar surface area (TPSA) is 64.1 Å². The van der Waals surface area contributed by atoms with E-state index in [-0.39, 0.29) is 11.7 Å². The first-order valence-electron chi connectivity index (χ1n) is 7.50. The first kappa shape index (κ1) is 14.6. The molecule has 2 bridgehead atoms. The number of esters is 1. The van der Waals surface area contributed by atoms with E-state index in [0.717, 1.165) is 35.1 Å². The number of anilines is 1. The number of rotatable bonds is 6. The van der Waals surface area contributed by atoms with Crippen LogP contribution in [0.3, 0.4) is 0 Å². The van der Waals surface area contributed by atoms with Crippen molar-refractivity contribution in [1.82, 2.24) is 9.97 Å². The van der Waals surface area contributed by atoms with Gasteiger partial charge in [0.1, 0.15) is 10.8 Å². The van der Waals surface area contributed by atoms with Gasteiger partial charge < -0.3 is 10.1 Å². The molecule has 0 spiro atoms. The average Bonchev–Trinajstić information content (AvgIpc) is 3.13. The van der Waals surface area contributed by atoms with Crippen LogP contribution in [-0.4, -0.2) is 35.3 Å². The van der Waals surface area contributed by atoms with Crippen LogP contribution in [0.15, 0.2) is 17.4 Å². The van der Waals surface area contributed by atoms with E-state index in [1.807, 2.05) is 0 Å². The van der Waals surface area contributed by atoms with Gasteiger partial charge >= 0.3 is 5.97 Å². The monoisotopic (exact) mass is 307 g/mol. The summed E-state index contributed by atoms with van der Waals surface area (Å²) in [5.41, 5.74) is 0. The zero-order valence-corrected chi connectivity index (χ0v) is 13.1. The molecule has 2 aliphatic rings. The lowest BCUT2D eigenvalue weighted by Crippen LogP contribution is -2.20. The fraction of sp³-hybridized carbons (Fsp3) is 0.667. The number of carbonyl (C=O) groups is 1. The number of hydrogen-bond acceptors (Lipinski definition) is 6. The molecule has 3 unspecified atom stereocenters. The highest BCUT2D eigenvalue weighted by Gasteiger charge is 2.39. The van der Waals surface area contributed by atoms with E-state index in [4.69, 9.17) is 0 Å². The van der Waals surface area contributed by atoms with E-state index in [0.29, 0.717) is 0 Å². The second-order valence-electron chi connectivity index (χ2n) is 5.92. The molecule has 0 radical (unpaired) electrons. The van der Waals surface area contributed by atoms with Crippen LogP contribution in [-0.2, 0) is 9.53 Å². The molecule has 3 atom stereocenters. The zero-order valence-electron chi connectivity index (χ0n) is 12.2. The van der Waals surface area contributed by atoms with Crippen LogP contribution in [0.25, 0.3) is 0 Å². The van der Waals surface area contributed by atoms with Crippen molar-refractivity contribution in [2.24, 2.45) is 17.8 Å². The normalized spacial score (nSPS) is 26.8. The molecule has 6 heteroatoms. The first-order chi connectivity index (χ1) is 10.2. The summed E-state index contributed by atoms with van der Waals surface area (Å²) in [6, 6.07) is 0. The number of thioether (sulfide) groups is 1. The number of nitrogens with one attached hydrogen (secondary N) is 1. The van der Waals surface area contributed by atoms with Crippen molar-refractivity contribution in [3.05, 3.63) is 12.4 Å². The molecule has 2 aliphatic carbocycles. The lowest BCUT2D eigenvalue weighted by atomic mass is 9.89. The Morgan fingerprint density at radius 1 is 1.43 bits per heavy atom. The molecule has 1 N–H and O–H groups in total. The van der Waals surface area contributed by atoms with Gasteiger partial charge in [-0.25, -0.2) is 4.98 Å². The molecule has 3 rings (SSSR count). The molecule has 5 nitrogen and oxygen atoms in total. The summed E-state index contributed by atoms with van der Waals surface area (Å²) in [6.07, 6.45) is 9.04. The van der Waals surface area contributed by atoms with Gasteiger partial charge in [-0.1, -0.05) is 18.2 Å². The van der Waals surface area contributed by atoms with Crippen molar-refractivity contribution in [1.29, 1.82) is 0 Å². The number of nitrogens with zero attached hydrogens (tertiary/aromatic N) is 2. The molecule has 0 aliphatic heterocycles. The molecule has 0 aromatic carbocycles. The number of hydrogen-bond donors (Lipinski definition) is 1. The van der Waals surface area contributed by atoms with Crippen molar-refractivity contribution >= 4 is 23.5 Å². The number of aromatic nitrogens is 2. The molecule has 2 saturated carbocycles. The Morgan fingerprint density at radius 3 is 3.05 bits per heavy atom. The summed E-state index contributed by atoms with van der Waals surface area (Å²) in [4.78, 5) is 19.8. The highest BCUT2D eigenvalue weighted by Crippen LogP contribution is 2.48. The van der Waals surface area contributed by atoms with Gasteiger partial charge in [0.05, 0.1) is 25.3 Å². The fourth-order valence-electron chi connectivity index (χ4n) is 3.56. The lowest BCUT2D eigenvalue weighted by Gasteiger charge is -2.22. The molecule has 1 aromatic rings. The van der Waals surface area contributed by atoms with Crippen LogP contribution in [0.4, 0.5) is 5.82 Å². The Kier molecular flexibility index (Phi) is 4.63. The van der Waals surface area contributed by atoms with Crippen LogP contribution in [0.2, 0.25) is 0 Å². The third kappa shape index (κ3) is 3.67. The molecular weight excluding hydrogens is 286 g/mol. The zero-order chi connectivity index (χ0) is 14.7. The SMILES string of the molecule is COC(=O)CSc1cncc(NCC2CC3CCC2C3)n1. The maximum absolute atomic E-state index is 11.1. The van der Waals surface area contributed by atoms with E-state index >= 15 is 0 Å². The van der Waals surface area contributed by atoms with Gasteiger partial charge in [-0.15, -0.1) is 0 Å². The number of ether oxygens (including phenoxy) is 1. The summed E-state index contributed by atoms with van der Waals surface area (Å²) < 4.78 is 4.62. The molecule has 0 saturated heterocycles. The summed E-state index contributed by atoms with van der Waals surface area (Å²) in [5.74, 6) is 3.48. The Bertz CT molecular complexity index is 511. The summed E-state index contributed by atoms with van der Waals surface area (Å²) >= 11 is 1.35. The third-order valence-electron chi connectivity index (χ3n) is 4.61. The smallest absolute Gasteiger partial charge is 0.316 e. The maximum Gasteiger partial charge on any atom is 0.316 e. The van der Waals surface area contributed by atoms with Crippen molar-refractivity contribution < 1.29 is 9.53 Å². The van der Waals surface area contributed by atoms with E-state index in [1.165, 1.54) is 44.6 Å². The Labute approximate surface area is 129 Å². The third-order valence-corrected chi connectivity index (χ3v) is 5.48. The van der Waals surface area contributed by atoms with Crippen molar-refractivity contribution in [3.8, 4) is 0 Å². The molecule has 1 heterocycles. The minimum atomic E-state index is -0.248. The van der Waals surface area contributed by atoms with Crippen molar-refractivity contribution in [3.63, 3.8) is 0 Å². The van der Waals surface area contributed by atoms with Crippen molar-refractivity contribution in [2.45, 2.75) is 30.7 Å². The van der Waals surface area contributed by atoms with Crippen LogP contribution in [0.5, 0.6) is 0 Å².